The van der Waals surface area contributed by atoms with Gasteiger partial charge in [-0.1, -0.05) is 0 Å². The molecular formula is C13H18N2O3. The summed E-state index contributed by atoms with van der Waals surface area (Å²) in [6.07, 6.45) is 1.62. The van der Waals surface area contributed by atoms with Crippen LogP contribution in [0.15, 0.2) is 18.2 Å². The van der Waals surface area contributed by atoms with E-state index in [4.69, 9.17) is 15.2 Å². The standard InChI is InChI=1S/C13H18N2O3/c1-17-10-2-3-11(14)12(8-10)18-13(16)9-4-6-15-7-5-9/h2-3,8-9,15H,4-7,14H2,1H3. The van der Waals surface area contributed by atoms with E-state index in [0.29, 0.717) is 17.2 Å². The van der Waals surface area contributed by atoms with Crippen molar-refractivity contribution in [1.29, 1.82) is 0 Å². The molecule has 5 nitrogen and oxygen atoms in total. The second-order valence-electron chi connectivity index (χ2n) is 4.35. The molecular weight excluding hydrogens is 232 g/mol. The Morgan fingerprint density at radius 3 is 2.78 bits per heavy atom. The average molecular weight is 250 g/mol. The van der Waals surface area contributed by atoms with Crippen LogP contribution in [-0.2, 0) is 4.79 Å². The Bertz CT molecular complexity index is 428. The highest BCUT2D eigenvalue weighted by molar-refractivity contribution is 5.77. The van der Waals surface area contributed by atoms with Crippen LogP contribution in [0.25, 0.3) is 0 Å². The number of benzene rings is 1. The van der Waals surface area contributed by atoms with E-state index >= 15 is 0 Å². The van der Waals surface area contributed by atoms with Crippen LogP contribution in [-0.4, -0.2) is 26.2 Å². The van der Waals surface area contributed by atoms with Gasteiger partial charge < -0.3 is 20.5 Å². The van der Waals surface area contributed by atoms with Crippen molar-refractivity contribution < 1.29 is 14.3 Å². The summed E-state index contributed by atoms with van der Waals surface area (Å²) in [4.78, 5) is 12.0. The molecule has 0 amide bonds. The monoisotopic (exact) mass is 250 g/mol. The highest BCUT2D eigenvalue weighted by Gasteiger charge is 2.23. The smallest absolute Gasteiger partial charge is 0.314 e. The van der Waals surface area contributed by atoms with Gasteiger partial charge in [0.2, 0.25) is 0 Å². The molecule has 0 unspecified atom stereocenters. The average Bonchev–Trinajstić information content (AvgIpc) is 2.42. The van der Waals surface area contributed by atoms with Gasteiger partial charge in [0, 0.05) is 6.07 Å². The Morgan fingerprint density at radius 2 is 2.11 bits per heavy atom. The van der Waals surface area contributed by atoms with Gasteiger partial charge in [0.1, 0.15) is 5.75 Å². The van der Waals surface area contributed by atoms with Crippen molar-refractivity contribution in [1.82, 2.24) is 5.32 Å². The molecule has 18 heavy (non-hydrogen) atoms. The van der Waals surface area contributed by atoms with Crippen LogP contribution in [0.5, 0.6) is 11.5 Å². The van der Waals surface area contributed by atoms with Crippen LogP contribution in [0.3, 0.4) is 0 Å². The zero-order chi connectivity index (χ0) is 13.0. The molecule has 0 atom stereocenters. The molecule has 1 aliphatic heterocycles. The van der Waals surface area contributed by atoms with E-state index in [9.17, 15) is 4.79 Å². The number of hydrogen-bond acceptors (Lipinski definition) is 5. The highest BCUT2D eigenvalue weighted by atomic mass is 16.5. The normalized spacial score (nSPS) is 16.3. The fourth-order valence-corrected chi connectivity index (χ4v) is 1.98. The van der Waals surface area contributed by atoms with E-state index in [-0.39, 0.29) is 11.9 Å². The molecule has 3 N–H and O–H groups in total. The molecule has 1 aliphatic rings. The number of methoxy groups -OCH3 is 1. The van der Waals surface area contributed by atoms with Crippen LogP contribution in [0, 0.1) is 5.92 Å². The molecule has 0 radical (unpaired) electrons. The lowest BCUT2D eigenvalue weighted by atomic mass is 9.98. The number of piperidine rings is 1. The van der Waals surface area contributed by atoms with Gasteiger partial charge in [0.15, 0.2) is 5.75 Å². The molecule has 1 saturated heterocycles. The number of nitrogens with one attached hydrogen (secondary N) is 1. The molecule has 1 heterocycles. The number of esters is 1. The third kappa shape index (κ3) is 2.92. The fourth-order valence-electron chi connectivity index (χ4n) is 1.98. The van der Waals surface area contributed by atoms with Crippen molar-refractivity contribution in [2.75, 3.05) is 25.9 Å². The SMILES string of the molecule is COc1ccc(N)c(OC(=O)C2CCNCC2)c1. The van der Waals surface area contributed by atoms with Crippen molar-refractivity contribution in [2.45, 2.75) is 12.8 Å². The zero-order valence-electron chi connectivity index (χ0n) is 10.4. The zero-order valence-corrected chi connectivity index (χ0v) is 10.4. The van der Waals surface area contributed by atoms with Crippen molar-refractivity contribution in [3.63, 3.8) is 0 Å². The molecule has 1 aromatic carbocycles. The lowest BCUT2D eigenvalue weighted by Crippen LogP contribution is -2.33. The summed E-state index contributed by atoms with van der Waals surface area (Å²) in [6, 6.07) is 5.04. The summed E-state index contributed by atoms with van der Waals surface area (Å²) in [5.41, 5.74) is 6.22. The summed E-state index contributed by atoms with van der Waals surface area (Å²) in [5, 5.41) is 3.21. The molecule has 1 fully saturated rings. The number of ether oxygens (including phenoxy) is 2. The summed E-state index contributed by atoms with van der Waals surface area (Å²) in [7, 11) is 1.56. The maximum Gasteiger partial charge on any atom is 0.314 e. The van der Waals surface area contributed by atoms with E-state index in [0.717, 1.165) is 25.9 Å². The largest absolute Gasteiger partial charge is 0.497 e. The van der Waals surface area contributed by atoms with E-state index in [1.54, 1.807) is 25.3 Å². The molecule has 98 valence electrons. The minimum Gasteiger partial charge on any atom is -0.497 e. The molecule has 1 aromatic rings. The number of carbonyl (C=O) groups excluding carboxylic acids is 1. The number of nitrogen functional groups attached to an aromatic ring is 1. The van der Waals surface area contributed by atoms with Gasteiger partial charge >= 0.3 is 5.97 Å². The van der Waals surface area contributed by atoms with Crippen molar-refractivity contribution in [3.05, 3.63) is 18.2 Å². The molecule has 0 aromatic heterocycles. The quantitative estimate of drug-likeness (QED) is 0.479. The van der Waals surface area contributed by atoms with E-state index < -0.39 is 0 Å². The predicted molar refractivity (Wildman–Crippen MR) is 68.6 cm³/mol. The topological polar surface area (TPSA) is 73.6 Å². The minimum atomic E-state index is -0.212. The maximum absolute atomic E-state index is 12.0. The lowest BCUT2D eigenvalue weighted by Gasteiger charge is -2.21. The number of rotatable bonds is 3. The summed E-state index contributed by atoms with van der Waals surface area (Å²) < 4.78 is 10.4. The summed E-state index contributed by atoms with van der Waals surface area (Å²) in [6.45, 7) is 1.71. The summed E-state index contributed by atoms with van der Waals surface area (Å²) in [5.74, 6) is 0.739. The first-order chi connectivity index (χ1) is 8.70. The third-order valence-electron chi connectivity index (χ3n) is 3.10. The highest BCUT2D eigenvalue weighted by Crippen LogP contribution is 2.28. The fraction of sp³-hybridized carbons (Fsp3) is 0.462. The number of carbonyl (C=O) groups is 1. The van der Waals surface area contributed by atoms with Gasteiger partial charge in [-0.15, -0.1) is 0 Å². The van der Waals surface area contributed by atoms with Crippen LogP contribution in [0.4, 0.5) is 5.69 Å². The van der Waals surface area contributed by atoms with Gasteiger partial charge in [0.05, 0.1) is 18.7 Å². The van der Waals surface area contributed by atoms with E-state index in [2.05, 4.69) is 5.32 Å². The second kappa shape index (κ2) is 5.73. The van der Waals surface area contributed by atoms with Gasteiger partial charge in [0.25, 0.3) is 0 Å². The number of nitrogens with two attached hydrogens (primary N) is 1. The predicted octanol–water partition coefficient (Wildman–Crippen LogP) is 1.18. The van der Waals surface area contributed by atoms with Gasteiger partial charge in [-0.25, -0.2) is 0 Å². The first-order valence-electron chi connectivity index (χ1n) is 6.06. The Balaban J connectivity index is 2.05. The Morgan fingerprint density at radius 1 is 1.39 bits per heavy atom. The Kier molecular flexibility index (Phi) is 4.04. The maximum atomic E-state index is 12.0. The van der Waals surface area contributed by atoms with Gasteiger partial charge in [-0.3, -0.25) is 4.79 Å². The molecule has 0 spiro atoms. The molecule has 0 saturated carbocycles. The van der Waals surface area contributed by atoms with E-state index in [1.165, 1.54) is 0 Å². The number of anilines is 1. The van der Waals surface area contributed by atoms with Crippen LogP contribution in [0.1, 0.15) is 12.8 Å². The third-order valence-corrected chi connectivity index (χ3v) is 3.10. The Labute approximate surface area is 106 Å². The Hall–Kier alpha value is -1.75. The van der Waals surface area contributed by atoms with Gasteiger partial charge in [-0.05, 0) is 38.1 Å². The van der Waals surface area contributed by atoms with Gasteiger partial charge in [-0.2, -0.15) is 0 Å². The first kappa shape index (κ1) is 12.7. The van der Waals surface area contributed by atoms with E-state index in [1.807, 2.05) is 0 Å². The first-order valence-corrected chi connectivity index (χ1v) is 6.06. The second-order valence-corrected chi connectivity index (χ2v) is 4.35. The van der Waals surface area contributed by atoms with Crippen molar-refractivity contribution in [3.8, 4) is 11.5 Å². The molecule has 0 aliphatic carbocycles. The lowest BCUT2D eigenvalue weighted by molar-refractivity contribution is -0.139. The minimum absolute atomic E-state index is 0.0446. The van der Waals surface area contributed by atoms with Crippen molar-refractivity contribution in [2.24, 2.45) is 5.92 Å². The molecule has 5 heteroatoms. The van der Waals surface area contributed by atoms with Crippen molar-refractivity contribution >= 4 is 11.7 Å². The van der Waals surface area contributed by atoms with Crippen LogP contribution < -0.4 is 20.5 Å². The molecule has 2 rings (SSSR count). The molecule has 0 bridgehead atoms. The van der Waals surface area contributed by atoms with Crippen LogP contribution in [0.2, 0.25) is 0 Å². The number of hydrogen-bond donors (Lipinski definition) is 2. The van der Waals surface area contributed by atoms with Crippen LogP contribution >= 0.6 is 0 Å². The summed E-state index contributed by atoms with van der Waals surface area (Å²) >= 11 is 0.